The molecule has 0 saturated carbocycles. The first-order chi connectivity index (χ1) is 21.7. The van der Waals surface area contributed by atoms with Crippen molar-refractivity contribution in [1.29, 1.82) is 0 Å². The third-order valence-corrected chi connectivity index (χ3v) is 11.7. The van der Waals surface area contributed by atoms with Crippen LogP contribution in [-0.2, 0) is 25.5 Å². The quantitative estimate of drug-likeness (QED) is 0.130. The minimum atomic E-state index is -0.902. The molecule has 3 saturated heterocycles. The number of rotatable bonds is 10. The number of aliphatic hydroxyl groups excluding tert-OH is 1. The lowest BCUT2D eigenvalue weighted by Gasteiger charge is -2.24. The monoisotopic (exact) mass is 671 g/mol. The number of carboxylic acid groups (broad SMARTS) is 2. The molecule has 1 aromatic heterocycles. The first-order valence-corrected chi connectivity index (χ1v) is 17.4. The van der Waals surface area contributed by atoms with Crippen LogP contribution in [0.2, 0.25) is 0 Å². The van der Waals surface area contributed by atoms with Crippen molar-refractivity contribution in [3.05, 3.63) is 43.6 Å². The number of aliphatic hydroxyl groups is 1. The summed E-state index contributed by atoms with van der Waals surface area (Å²) in [5, 5.41) is 37.9. The van der Waals surface area contributed by atoms with Gasteiger partial charge in [-0.3, -0.25) is 14.4 Å². The fourth-order valence-electron chi connectivity index (χ4n) is 7.82. The Hall–Kier alpha value is -3.16. The zero-order valence-corrected chi connectivity index (χ0v) is 28.4. The number of hydrogen-bond donors (Lipinski definition) is 8. The van der Waals surface area contributed by atoms with Gasteiger partial charge in [0.25, 0.3) is 0 Å². The molecule has 11 nitrogen and oxygen atoms in total. The highest BCUT2D eigenvalue weighted by atomic mass is 32.2. The van der Waals surface area contributed by atoms with Crippen LogP contribution in [0.4, 0.5) is 0 Å². The molecule has 0 aliphatic carbocycles. The summed E-state index contributed by atoms with van der Waals surface area (Å²) in [5.41, 5.74) is 3.58. The molecule has 6 rings (SSSR count). The number of thiol groups is 1. The summed E-state index contributed by atoms with van der Waals surface area (Å²) in [6.45, 7) is 9.96. The van der Waals surface area contributed by atoms with Gasteiger partial charge in [-0.25, -0.2) is 4.99 Å². The number of carbonyl (C=O) groups is 3. The second-order valence-electron chi connectivity index (χ2n) is 13.3. The van der Waals surface area contributed by atoms with Crippen LogP contribution in [-0.4, -0.2) is 79.0 Å². The number of amides is 1. The molecule has 46 heavy (non-hydrogen) atoms. The number of carboxylic acids is 2. The van der Waals surface area contributed by atoms with Gasteiger partial charge in [-0.2, -0.15) is 12.6 Å². The van der Waals surface area contributed by atoms with Crippen LogP contribution in [0.3, 0.4) is 0 Å². The summed E-state index contributed by atoms with van der Waals surface area (Å²) in [6.07, 6.45) is 4.18. The predicted octanol–water partition coefficient (Wildman–Crippen LogP) is 0.480. The highest BCUT2D eigenvalue weighted by molar-refractivity contribution is 8.11. The third kappa shape index (κ3) is 5.79. The molecule has 1 spiro atoms. The molecule has 0 radical (unpaired) electrons. The molecule has 5 aliphatic rings. The molecule has 13 heteroatoms. The largest absolute Gasteiger partial charge is 0.481 e. The lowest BCUT2D eigenvalue weighted by molar-refractivity contribution is -0.487. The Morgan fingerprint density at radius 2 is 1.83 bits per heavy atom. The SMILES string of the molecule is Cc1c(CCC(=O)O)/c(=C/C2=C(CCC(=O)O)C(C)[C@@]3(N2)O[C@H]3C2NC(=O)[C@H](C)[C@H]2[C@@H](C)S)[nH]/c1=C/[C@H]1[NH+]=C(O)/C(=C2\CS2)C1C. The Balaban J connectivity index is 1.39. The molecule has 1 amide bonds. The van der Waals surface area contributed by atoms with Gasteiger partial charge in [-0.05, 0) is 42.5 Å². The fraction of sp³-hybridized carbons (Fsp3) is 0.576. The van der Waals surface area contributed by atoms with Crippen molar-refractivity contribution in [3.8, 4) is 0 Å². The van der Waals surface area contributed by atoms with E-state index in [9.17, 15) is 29.7 Å². The maximum Gasteiger partial charge on any atom is 0.363 e. The average molecular weight is 672 g/mol. The van der Waals surface area contributed by atoms with Crippen molar-refractivity contribution in [1.82, 2.24) is 15.6 Å². The Kier molecular flexibility index (Phi) is 8.64. The Labute approximate surface area is 277 Å². The van der Waals surface area contributed by atoms with Crippen LogP contribution in [0.1, 0.15) is 58.1 Å². The normalized spacial score (nSPS) is 36.3. The molecule has 3 fully saturated rings. The first-order valence-electron chi connectivity index (χ1n) is 15.9. The maximum absolute atomic E-state index is 12.7. The standard InChI is InChI=1S/C33H42N4O7S2/c1-13-18(6-8-25(38)39)22(34-20(13)10-21-14(2)28(24-12-46-24)32(43)35-21)11-23-19(7-9-26(40)41)16(4)33(37-23)30(44-33)29-27(17(5)45)15(3)31(42)36-29/h10-11,14-17,21,27,29-30,34,37,45H,6-9,12H2,1-5H3,(H,35,43)(H,36,42)(H,38,39)(H,40,41)/p+1/b20-10+,22-11-,28-24+/t14?,15-,16?,17-,21-,27+,29?,30+,33-/m1/s1. The maximum atomic E-state index is 12.7. The molecule has 248 valence electrons. The van der Waals surface area contributed by atoms with Crippen LogP contribution in [0.5, 0.6) is 0 Å². The summed E-state index contributed by atoms with van der Waals surface area (Å²) in [4.78, 5) is 43.9. The molecule has 1 aromatic rings. The molecule has 5 aliphatic heterocycles. The number of aromatic nitrogens is 1. The Bertz CT molecular complexity index is 1710. The van der Waals surface area contributed by atoms with E-state index in [2.05, 4.69) is 27.5 Å². The summed E-state index contributed by atoms with van der Waals surface area (Å²) >= 11 is 6.42. The molecule has 0 bridgehead atoms. The van der Waals surface area contributed by atoms with Crippen LogP contribution in [0.15, 0.2) is 21.7 Å². The van der Waals surface area contributed by atoms with E-state index < -0.39 is 17.7 Å². The van der Waals surface area contributed by atoms with E-state index in [1.165, 1.54) is 4.91 Å². The highest BCUT2D eigenvalue weighted by Gasteiger charge is 2.69. The number of hydrogen-bond acceptors (Lipinski definition) is 7. The second-order valence-corrected chi connectivity index (χ2v) is 15.2. The number of aliphatic carboxylic acids is 2. The molecule has 7 N–H and O–H groups in total. The minimum absolute atomic E-state index is 0.0250. The molecule has 0 aromatic carbocycles. The lowest BCUT2D eigenvalue weighted by atomic mass is 9.83. The smallest absolute Gasteiger partial charge is 0.363 e. The van der Waals surface area contributed by atoms with E-state index >= 15 is 0 Å². The van der Waals surface area contributed by atoms with Gasteiger partial charge in [0, 0.05) is 69.0 Å². The van der Waals surface area contributed by atoms with E-state index in [1.54, 1.807) is 11.8 Å². The zero-order valence-electron chi connectivity index (χ0n) is 26.6. The van der Waals surface area contributed by atoms with Crippen molar-refractivity contribution in [2.45, 2.75) is 89.5 Å². The van der Waals surface area contributed by atoms with Gasteiger partial charge in [0.2, 0.25) is 5.91 Å². The van der Waals surface area contributed by atoms with Crippen molar-refractivity contribution >= 4 is 60.3 Å². The van der Waals surface area contributed by atoms with Crippen LogP contribution in [0.25, 0.3) is 12.2 Å². The third-order valence-electron chi connectivity index (χ3n) is 10.6. The summed E-state index contributed by atoms with van der Waals surface area (Å²) in [7, 11) is 0. The van der Waals surface area contributed by atoms with E-state index in [0.717, 1.165) is 44.4 Å². The van der Waals surface area contributed by atoms with Gasteiger partial charge in [0.1, 0.15) is 6.10 Å². The molecule has 9 atom stereocenters. The number of carbonyl (C=O) groups excluding carboxylic acids is 1. The van der Waals surface area contributed by atoms with Crippen LogP contribution in [0, 0.1) is 30.6 Å². The van der Waals surface area contributed by atoms with E-state index in [0.29, 0.717) is 12.8 Å². The summed E-state index contributed by atoms with van der Waals surface area (Å²) in [6, 6.07) is -0.389. The molecular formula is C33H43N4O7S2+. The Morgan fingerprint density at radius 3 is 2.46 bits per heavy atom. The van der Waals surface area contributed by atoms with Gasteiger partial charge in [-0.1, -0.05) is 27.7 Å². The van der Waals surface area contributed by atoms with E-state index in [4.69, 9.17) is 17.4 Å². The highest BCUT2D eigenvalue weighted by Crippen LogP contribution is 2.54. The molecule has 3 unspecified atom stereocenters. The molecular weight excluding hydrogens is 629 g/mol. The van der Waals surface area contributed by atoms with Gasteiger partial charge < -0.3 is 35.7 Å². The van der Waals surface area contributed by atoms with E-state index in [1.807, 2.05) is 39.8 Å². The molecule has 6 heterocycles. The van der Waals surface area contributed by atoms with Gasteiger partial charge in [0.05, 0.1) is 17.5 Å². The van der Waals surface area contributed by atoms with E-state index in [-0.39, 0.29) is 71.8 Å². The minimum Gasteiger partial charge on any atom is -0.481 e. The average Bonchev–Trinajstić information content (AvgIpc) is 3.84. The summed E-state index contributed by atoms with van der Waals surface area (Å²) < 4.78 is 6.42. The fourth-order valence-corrected chi connectivity index (χ4v) is 8.93. The number of allylic oxidation sites excluding steroid dienone is 1. The van der Waals surface area contributed by atoms with Crippen molar-refractivity contribution in [3.63, 3.8) is 0 Å². The number of ether oxygens (including phenoxy) is 1. The van der Waals surface area contributed by atoms with Crippen molar-refractivity contribution < 1.29 is 39.4 Å². The van der Waals surface area contributed by atoms with Crippen LogP contribution >= 0.6 is 24.4 Å². The summed E-state index contributed by atoms with van der Waals surface area (Å²) in [5.74, 6) is -1.04. The van der Waals surface area contributed by atoms with Crippen LogP contribution < -0.4 is 26.3 Å². The lowest BCUT2D eigenvalue weighted by Crippen LogP contribution is -2.76. The predicted molar refractivity (Wildman–Crippen MR) is 178 cm³/mol. The van der Waals surface area contributed by atoms with Gasteiger partial charge >= 0.3 is 17.8 Å². The van der Waals surface area contributed by atoms with Gasteiger partial charge in [0.15, 0.2) is 11.8 Å². The second kappa shape index (κ2) is 12.1. The first kappa shape index (κ1) is 32.8. The van der Waals surface area contributed by atoms with Gasteiger partial charge in [-0.15, -0.1) is 11.8 Å². The van der Waals surface area contributed by atoms with Crippen molar-refractivity contribution in [2.24, 2.45) is 23.7 Å². The Morgan fingerprint density at radius 1 is 1.15 bits per heavy atom. The zero-order chi connectivity index (χ0) is 33.2. The number of epoxide rings is 1. The number of thioether (sulfide) groups is 1. The van der Waals surface area contributed by atoms with Crippen molar-refractivity contribution in [2.75, 3.05) is 5.75 Å². The number of H-pyrrole nitrogens is 1. The number of aromatic amines is 1. The number of nitrogens with one attached hydrogen (secondary N) is 4. The topological polar surface area (TPSA) is 178 Å².